The minimum atomic E-state index is -4.77. The Bertz CT molecular complexity index is 914. The molecule has 0 fully saturated rings. The number of carbonyl (C=O) groups is 1. The molecule has 2 atom stereocenters. The fraction of sp³-hybridized carbons (Fsp3) is 0.300. The second-order valence-corrected chi connectivity index (χ2v) is 7.00. The van der Waals surface area contributed by atoms with E-state index in [2.05, 4.69) is 10.3 Å². The standard InChI is InChI=1S/C20H18F4N2O2/c1-18(14-10-6-7-11-15(14)21)12-19(2,20(22,23)24)28-17(26-18)25-16(27)13-8-4-3-5-9-13/h3-11H,12H2,1-2H3,(H,25,26,27)/t18-,19-/m0/s1. The lowest BCUT2D eigenvalue weighted by Gasteiger charge is -2.43. The van der Waals surface area contributed by atoms with Crippen LogP contribution < -0.4 is 5.32 Å². The van der Waals surface area contributed by atoms with Gasteiger partial charge in [-0.15, -0.1) is 0 Å². The predicted molar refractivity (Wildman–Crippen MR) is 95.3 cm³/mol. The molecule has 1 aliphatic rings. The van der Waals surface area contributed by atoms with Gasteiger partial charge in [-0.2, -0.15) is 13.2 Å². The lowest BCUT2D eigenvalue weighted by Crippen LogP contribution is -2.56. The molecule has 0 unspecified atom stereocenters. The van der Waals surface area contributed by atoms with Crippen molar-refractivity contribution in [2.45, 2.75) is 37.6 Å². The molecule has 0 saturated heterocycles. The Morgan fingerprint density at radius 1 is 1.07 bits per heavy atom. The number of rotatable bonds is 2. The second-order valence-electron chi connectivity index (χ2n) is 7.00. The van der Waals surface area contributed by atoms with E-state index in [9.17, 15) is 22.4 Å². The number of halogens is 4. The summed E-state index contributed by atoms with van der Waals surface area (Å²) in [5.74, 6) is -1.37. The molecule has 0 aliphatic carbocycles. The monoisotopic (exact) mass is 394 g/mol. The number of aliphatic imine (C=N–C) groups is 1. The molecule has 8 heteroatoms. The minimum absolute atomic E-state index is 0.0137. The molecule has 0 spiro atoms. The lowest BCUT2D eigenvalue weighted by atomic mass is 9.80. The van der Waals surface area contributed by atoms with Crippen molar-refractivity contribution in [2.24, 2.45) is 4.99 Å². The van der Waals surface area contributed by atoms with Crippen LogP contribution in [0.5, 0.6) is 0 Å². The third-order valence-electron chi connectivity index (χ3n) is 4.66. The molecule has 1 amide bonds. The molecule has 28 heavy (non-hydrogen) atoms. The highest BCUT2D eigenvalue weighted by Gasteiger charge is 2.60. The van der Waals surface area contributed by atoms with Crippen molar-refractivity contribution in [1.29, 1.82) is 0 Å². The molecule has 0 radical (unpaired) electrons. The SMILES string of the molecule is C[C@@]1(c2ccccc2F)C[C@@](C)(C(F)(F)F)OC(NC(=O)c2ccccc2)=N1. The van der Waals surface area contributed by atoms with Crippen LogP contribution in [-0.4, -0.2) is 23.7 Å². The number of amides is 1. The summed E-state index contributed by atoms with van der Waals surface area (Å²) in [7, 11) is 0. The van der Waals surface area contributed by atoms with Gasteiger partial charge in [0.15, 0.2) is 0 Å². The number of nitrogens with zero attached hydrogens (tertiary/aromatic N) is 1. The maximum Gasteiger partial charge on any atom is 0.428 e. The molecule has 0 saturated carbocycles. The van der Waals surface area contributed by atoms with Crippen LogP contribution in [0.1, 0.15) is 36.2 Å². The Morgan fingerprint density at radius 2 is 1.68 bits per heavy atom. The zero-order valence-electron chi connectivity index (χ0n) is 15.2. The third kappa shape index (κ3) is 3.72. The van der Waals surface area contributed by atoms with Crippen LogP contribution in [0, 0.1) is 5.82 Å². The van der Waals surface area contributed by atoms with E-state index in [0.717, 1.165) is 13.0 Å². The Balaban J connectivity index is 2.03. The number of alkyl halides is 3. The van der Waals surface area contributed by atoms with Crippen molar-refractivity contribution in [3.05, 3.63) is 71.5 Å². The number of hydrogen-bond acceptors (Lipinski definition) is 3. The Morgan fingerprint density at radius 3 is 2.29 bits per heavy atom. The van der Waals surface area contributed by atoms with Crippen molar-refractivity contribution in [2.75, 3.05) is 0 Å². The zero-order valence-corrected chi connectivity index (χ0v) is 15.2. The topological polar surface area (TPSA) is 50.7 Å². The molecule has 1 heterocycles. The first-order valence-corrected chi connectivity index (χ1v) is 8.51. The summed E-state index contributed by atoms with van der Waals surface area (Å²) in [6.07, 6.45) is -5.41. The van der Waals surface area contributed by atoms with Gasteiger partial charge in [-0.05, 0) is 32.0 Å². The van der Waals surface area contributed by atoms with Crippen LogP contribution in [0.3, 0.4) is 0 Å². The van der Waals surface area contributed by atoms with Gasteiger partial charge in [0, 0.05) is 17.5 Å². The van der Waals surface area contributed by atoms with E-state index >= 15 is 0 Å². The normalized spacial score (nSPS) is 24.9. The summed E-state index contributed by atoms with van der Waals surface area (Å²) in [5.41, 5.74) is -4.04. The zero-order chi connectivity index (χ0) is 20.6. The number of carbonyl (C=O) groups excluding carboxylic acids is 1. The summed E-state index contributed by atoms with van der Waals surface area (Å²) in [4.78, 5) is 16.5. The largest absolute Gasteiger partial charge is 0.449 e. The van der Waals surface area contributed by atoms with Crippen LogP contribution >= 0.6 is 0 Å². The average molecular weight is 394 g/mol. The number of ether oxygens (including phenoxy) is 1. The molecule has 4 nitrogen and oxygen atoms in total. The van der Waals surface area contributed by atoms with Crippen LogP contribution in [0.4, 0.5) is 17.6 Å². The van der Waals surface area contributed by atoms with Gasteiger partial charge >= 0.3 is 6.18 Å². The van der Waals surface area contributed by atoms with Gasteiger partial charge in [-0.3, -0.25) is 10.1 Å². The molecule has 0 aromatic heterocycles. The summed E-state index contributed by atoms with van der Waals surface area (Å²) in [5, 5.41) is 2.27. The molecular formula is C20H18F4N2O2. The average Bonchev–Trinajstić information content (AvgIpc) is 2.61. The van der Waals surface area contributed by atoms with E-state index in [1.165, 1.54) is 37.3 Å². The second kappa shape index (κ2) is 6.92. The molecule has 3 rings (SSSR count). The molecule has 2 aromatic carbocycles. The van der Waals surface area contributed by atoms with Gasteiger partial charge in [-0.1, -0.05) is 36.4 Å². The van der Waals surface area contributed by atoms with Gasteiger partial charge < -0.3 is 4.74 Å². The molecule has 1 N–H and O–H groups in total. The third-order valence-corrected chi connectivity index (χ3v) is 4.66. The number of nitrogens with one attached hydrogen (secondary N) is 1. The Hall–Kier alpha value is -2.90. The summed E-state index contributed by atoms with van der Waals surface area (Å²) >= 11 is 0. The van der Waals surface area contributed by atoms with E-state index in [0.29, 0.717) is 0 Å². The van der Waals surface area contributed by atoms with E-state index in [-0.39, 0.29) is 11.1 Å². The lowest BCUT2D eigenvalue weighted by molar-refractivity contribution is -0.257. The maximum atomic E-state index is 14.3. The van der Waals surface area contributed by atoms with Gasteiger partial charge in [-0.25, -0.2) is 9.38 Å². The highest BCUT2D eigenvalue weighted by atomic mass is 19.4. The van der Waals surface area contributed by atoms with E-state index < -0.39 is 41.5 Å². The fourth-order valence-electron chi connectivity index (χ4n) is 3.22. The molecule has 2 aromatic rings. The molecular weight excluding hydrogens is 376 g/mol. The smallest absolute Gasteiger partial charge is 0.428 e. The maximum absolute atomic E-state index is 14.3. The molecule has 0 bridgehead atoms. The summed E-state index contributed by atoms with van der Waals surface area (Å²) in [6, 6.07) is 12.8. The molecule has 1 aliphatic heterocycles. The van der Waals surface area contributed by atoms with Gasteiger partial charge in [0.1, 0.15) is 5.82 Å². The highest BCUT2D eigenvalue weighted by Crippen LogP contribution is 2.47. The van der Waals surface area contributed by atoms with Gasteiger partial charge in [0.05, 0.1) is 5.54 Å². The minimum Gasteiger partial charge on any atom is -0.449 e. The number of hydrogen-bond donors (Lipinski definition) is 1. The van der Waals surface area contributed by atoms with Crippen molar-refractivity contribution in [3.8, 4) is 0 Å². The van der Waals surface area contributed by atoms with Crippen molar-refractivity contribution < 1.29 is 27.1 Å². The number of amidine groups is 1. The summed E-state index contributed by atoms with van der Waals surface area (Å²) < 4.78 is 60.6. The van der Waals surface area contributed by atoms with Crippen molar-refractivity contribution in [3.63, 3.8) is 0 Å². The van der Waals surface area contributed by atoms with Gasteiger partial charge in [0.25, 0.3) is 11.9 Å². The van der Waals surface area contributed by atoms with Crippen molar-refractivity contribution in [1.82, 2.24) is 5.32 Å². The van der Waals surface area contributed by atoms with Crippen LogP contribution in [0.25, 0.3) is 0 Å². The van der Waals surface area contributed by atoms with Crippen LogP contribution in [-0.2, 0) is 10.3 Å². The first kappa shape index (κ1) is 19.9. The van der Waals surface area contributed by atoms with Crippen molar-refractivity contribution >= 4 is 11.9 Å². The van der Waals surface area contributed by atoms with Crippen LogP contribution in [0.15, 0.2) is 59.6 Å². The predicted octanol–water partition coefficient (Wildman–Crippen LogP) is 4.57. The highest BCUT2D eigenvalue weighted by molar-refractivity contribution is 6.04. The van der Waals surface area contributed by atoms with Crippen LogP contribution in [0.2, 0.25) is 0 Å². The Labute approximate surface area is 159 Å². The van der Waals surface area contributed by atoms with E-state index in [4.69, 9.17) is 4.74 Å². The first-order valence-electron chi connectivity index (χ1n) is 8.51. The van der Waals surface area contributed by atoms with E-state index in [1.807, 2.05) is 0 Å². The fourth-order valence-corrected chi connectivity index (χ4v) is 3.22. The quantitative estimate of drug-likeness (QED) is 0.759. The summed E-state index contributed by atoms with van der Waals surface area (Å²) in [6.45, 7) is 2.24. The van der Waals surface area contributed by atoms with E-state index in [1.54, 1.807) is 18.2 Å². The first-order chi connectivity index (χ1) is 13.0. The van der Waals surface area contributed by atoms with Gasteiger partial charge in [0.2, 0.25) is 5.60 Å². The molecule has 148 valence electrons. The Kier molecular flexibility index (Phi) is 4.91. The number of benzene rings is 2.